The first-order valence-corrected chi connectivity index (χ1v) is 6.22. The van der Waals surface area contributed by atoms with Crippen molar-refractivity contribution in [2.75, 3.05) is 37.1 Å². The fourth-order valence-corrected chi connectivity index (χ4v) is 1.95. The largest absolute Gasteiger partial charge is 0.380 e. The van der Waals surface area contributed by atoms with Gasteiger partial charge in [-0.25, -0.2) is 0 Å². The van der Waals surface area contributed by atoms with E-state index in [1.807, 2.05) is 6.07 Å². The van der Waals surface area contributed by atoms with Crippen molar-refractivity contribution in [3.8, 4) is 0 Å². The highest BCUT2D eigenvalue weighted by Gasteiger charge is 2.11. The van der Waals surface area contributed by atoms with E-state index in [4.69, 9.17) is 16.3 Å². The number of rotatable bonds is 3. The van der Waals surface area contributed by atoms with E-state index in [0.717, 1.165) is 38.4 Å². The van der Waals surface area contributed by atoms with Crippen molar-refractivity contribution in [1.82, 2.24) is 4.98 Å². The summed E-state index contributed by atoms with van der Waals surface area (Å²) in [6.45, 7) is 3.38. The molecule has 1 saturated heterocycles. The third-order valence-corrected chi connectivity index (χ3v) is 2.99. The van der Waals surface area contributed by atoms with Crippen LogP contribution in [0.15, 0.2) is 18.3 Å². The zero-order chi connectivity index (χ0) is 12.1. The maximum absolute atomic E-state index is 11.3. The lowest BCUT2D eigenvalue weighted by Crippen LogP contribution is -2.26. The molecule has 1 aliphatic heterocycles. The Balaban J connectivity index is 2.08. The van der Waals surface area contributed by atoms with Gasteiger partial charge in [0.05, 0.1) is 24.4 Å². The van der Waals surface area contributed by atoms with Gasteiger partial charge in [0.25, 0.3) is 0 Å². The van der Waals surface area contributed by atoms with Crippen LogP contribution >= 0.6 is 11.6 Å². The van der Waals surface area contributed by atoms with E-state index in [2.05, 4.69) is 9.88 Å². The summed E-state index contributed by atoms with van der Waals surface area (Å²) in [7, 11) is 0. The van der Waals surface area contributed by atoms with Gasteiger partial charge in [0.2, 0.25) is 0 Å². The van der Waals surface area contributed by atoms with Gasteiger partial charge in [-0.2, -0.15) is 0 Å². The predicted octanol–water partition coefficient (Wildman–Crippen LogP) is 1.73. The number of halogens is 1. The molecule has 92 valence electrons. The van der Waals surface area contributed by atoms with Crippen molar-refractivity contribution in [2.45, 2.75) is 6.42 Å². The number of carbonyl (C=O) groups is 1. The van der Waals surface area contributed by atoms with Crippen molar-refractivity contribution in [2.24, 2.45) is 0 Å². The Morgan fingerprint density at radius 1 is 1.41 bits per heavy atom. The molecule has 0 radical (unpaired) electrons. The van der Waals surface area contributed by atoms with Crippen LogP contribution in [0.2, 0.25) is 0 Å². The van der Waals surface area contributed by atoms with Gasteiger partial charge >= 0.3 is 0 Å². The number of ketones is 1. The molecule has 2 heterocycles. The molecule has 1 aliphatic rings. The summed E-state index contributed by atoms with van der Waals surface area (Å²) in [6, 6.07) is 3.64. The summed E-state index contributed by atoms with van der Waals surface area (Å²) >= 11 is 5.48. The van der Waals surface area contributed by atoms with Crippen molar-refractivity contribution < 1.29 is 9.53 Å². The summed E-state index contributed by atoms with van der Waals surface area (Å²) < 4.78 is 5.39. The quantitative estimate of drug-likeness (QED) is 0.609. The van der Waals surface area contributed by atoms with Crippen molar-refractivity contribution >= 4 is 23.1 Å². The predicted molar refractivity (Wildman–Crippen MR) is 66.9 cm³/mol. The van der Waals surface area contributed by atoms with E-state index in [9.17, 15) is 4.79 Å². The van der Waals surface area contributed by atoms with Gasteiger partial charge in [0, 0.05) is 19.7 Å². The number of hydrogen-bond donors (Lipinski definition) is 0. The maximum Gasteiger partial charge on any atom is 0.195 e. The van der Waals surface area contributed by atoms with Crippen LogP contribution in [-0.2, 0) is 4.74 Å². The molecule has 2 rings (SSSR count). The van der Waals surface area contributed by atoms with E-state index in [-0.39, 0.29) is 11.7 Å². The van der Waals surface area contributed by atoms with Crippen LogP contribution in [0.5, 0.6) is 0 Å². The van der Waals surface area contributed by atoms with Gasteiger partial charge in [-0.05, 0) is 18.6 Å². The highest BCUT2D eigenvalue weighted by molar-refractivity contribution is 6.30. The molecule has 1 aromatic heterocycles. The van der Waals surface area contributed by atoms with E-state index in [1.54, 1.807) is 12.3 Å². The summed E-state index contributed by atoms with van der Waals surface area (Å²) in [5, 5.41) is 0. The van der Waals surface area contributed by atoms with E-state index < -0.39 is 0 Å². The van der Waals surface area contributed by atoms with Gasteiger partial charge < -0.3 is 9.64 Å². The molecule has 0 amide bonds. The minimum Gasteiger partial charge on any atom is -0.380 e. The monoisotopic (exact) mass is 254 g/mol. The molecule has 17 heavy (non-hydrogen) atoms. The normalized spacial score (nSPS) is 16.6. The zero-order valence-electron chi connectivity index (χ0n) is 9.56. The number of ether oxygens (including phenoxy) is 1. The van der Waals surface area contributed by atoms with E-state index >= 15 is 0 Å². The Morgan fingerprint density at radius 2 is 2.29 bits per heavy atom. The molecule has 1 fully saturated rings. The molecule has 1 aromatic rings. The smallest absolute Gasteiger partial charge is 0.195 e. The van der Waals surface area contributed by atoms with Crippen LogP contribution in [0.1, 0.15) is 16.9 Å². The number of alkyl halides is 1. The average Bonchev–Trinajstić information content (AvgIpc) is 2.67. The van der Waals surface area contributed by atoms with Crippen LogP contribution in [-0.4, -0.2) is 43.0 Å². The second kappa shape index (κ2) is 5.98. The summed E-state index contributed by atoms with van der Waals surface area (Å²) in [6.07, 6.45) is 2.74. The SMILES string of the molecule is O=C(CCl)c1ccc(N2CCCOCC2)cn1. The number of aromatic nitrogens is 1. The van der Waals surface area contributed by atoms with E-state index in [1.165, 1.54) is 0 Å². The lowest BCUT2D eigenvalue weighted by Gasteiger charge is -2.21. The molecule has 5 heteroatoms. The Labute approximate surface area is 106 Å². The number of nitrogens with zero attached hydrogens (tertiary/aromatic N) is 2. The number of carbonyl (C=O) groups excluding carboxylic acids is 1. The van der Waals surface area contributed by atoms with Gasteiger partial charge in [-0.3, -0.25) is 9.78 Å². The van der Waals surface area contributed by atoms with Gasteiger partial charge in [0.1, 0.15) is 5.69 Å². The van der Waals surface area contributed by atoms with Gasteiger partial charge in [-0.1, -0.05) is 0 Å². The highest BCUT2D eigenvalue weighted by Crippen LogP contribution is 2.15. The minimum atomic E-state index is -0.141. The Bertz CT molecular complexity index is 373. The minimum absolute atomic E-state index is 0.0239. The summed E-state index contributed by atoms with van der Waals surface area (Å²) in [5.74, 6) is -0.165. The molecule has 0 atom stereocenters. The van der Waals surface area contributed by atoms with Gasteiger partial charge in [0.15, 0.2) is 5.78 Å². The first-order chi connectivity index (χ1) is 8.31. The number of Topliss-reactive ketones (excluding diaryl/α,β-unsaturated/α-hetero) is 1. The van der Waals surface area contributed by atoms with E-state index in [0.29, 0.717) is 5.69 Å². The van der Waals surface area contributed by atoms with Crippen LogP contribution in [0.3, 0.4) is 0 Å². The van der Waals surface area contributed by atoms with Crippen LogP contribution in [0, 0.1) is 0 Å². The van der Waals surface area contributed by atoms with Gasteiger partial charge in [-0.15, -0.1) is 11.6 Å². The second-order valence-electron chi connectivity index (χ2n) is 3.91. The highest BCUT2D eigenvalue weighted by atomic mass is 35.5. The van der Waals surface area contributed by atoms with Crippen LogP contribution in [0.4, 0.5) is 5.69 Å². The molecule has 0 unspecified atom stereocenters. The standard InChI is InChI=1S/C12H15ClN2O2/c13-8-12(16)11-3-2-10(9-14-11)15-4-1-6-17-7-5-15/h2-3,9H,1,4-8H2. The first-order valence-electron chi connectivity index (χ1n) is 5.69. The fraction of sp³-hybridized carbons (Fsp3) is 0.500. The molecular formula is C12H15ClN2O2. The second-order valence-corrected chi connectivity index (χ2v) is 4.18. The summed E-state index contributed by atoms with van der Waals surface area (Å²) in [4.78, 5) is 17.7. The Kier molecular flexibility index (Phi) is 4.34. The number of pyridine rings is 1. The molecular weight excluding hydrogens is 240 g/mol. The molecule has 0 aromatic carbocycles. The molecule has 0 saturated carbocycles. The average molecular weight is 255 g/mol. The Hall–Kier alpha value is -1.13. The molecule has 4 nitrogen and oxygen atoms in total. The van der Waals surface area contributed by atoms with Crippen LogP contribution in [0.25, 0.3) is 0 Å². The number of anilines is 1. The third-order valence-electron chi connectivity index (χ3n) is 2.74. The lowest BCUT2D eigenvalue weighted by molar-refractivity contribution is 0.101. The summed E-state index contributed by atoms with van der Waals surface area (Å²) in [5.41, 5.74) is 1.46. The van der Waals surface area contributed by atoms with Crippen molar-refractivity contribution in [1.29, 1.82) is 0 Å². The van der Waals surface area contributed by atoms with Crippen molar-refractivity contribution in [3.05, 3.63) is 24.0 Å². The molecule has 0 spiro atoms. The van der Waals surface area contributed by atoms with Crippen LogP contribution < -0.4 is 4.90 Å². The fourth-order valence-electron chi connectivity index (χ4n) is 1.81. The third kappa shape index (κ3) is 3.17. The molecule has 0 N–H and O–H groups in total. The molecule has 0 aliphatic carbocycles. The zero-order valence-corrected chi connectivity index (χ0v) is 10.3. The molecule has 0 bridgehead atoms. The topological polar surface area (TPSA) is 42.4 Å². The first kappa shape index (κ1) is 12.3. The maximum atomic E-state index is 11.3. The Morgan fingerprint density at radius 3 is 3.00 bits per heavy atom. The van der Waals surface area contributed by atoms with Crippen molar-refractivity contribution in [3.63, 3.8) is 0 Å². The number of hydrogen-bond acceptors (Lipinski definition) is 4. The lowest BCUT2D eigenvalue weighted by atomic mass is 10.2.